The van der Waals surface area contributed by atoms with Crippen molar-refractivity contribution in [3.05, 3.63) is 91.9 Å². The minimum absolute atomic E-state index is 0.0847. The number of ether oxygens (including phenoxy) is 1. The van der Waals surface area contributed by atoms with Crippen LogP contribution in [0.15, 0.2) is 76.1 Å². The van der Waals surface area contributed by atoms with E-state index in [2.05, 4.69) is 26.0 Å². The van der Waals surface area contributed by atoms with Crippen molar-refractivity contribution < 1.29 is 27.7 Å². The first kappa shape index (κ1) is 25.1. The van der Waals surface area contributed by atoms with Crippen LogP contribution < -0.4 is 10.0 Å². The molecule has 0 heterocycles. The molecule has 0 fully saturated rings. The minimum atomic E-state index is -4.16. The Morgan fingerprint density at radius 3 is 2.24 bits per heavy atom. The molecule has 3 aromatic carbocycles. The second kappa shape index (κ2) is 10.6. The molecular formula is C21H15BrClN3O7S. The second-order valence-electron chi connectivity index (χ2n) is 6.68. The Bertz CT molecular complexity index is 1350. The maximum absolute atomic E-state index is 12.5. The van der Waals surface area contributed by atoms with Gasteiger partial charge < -0.3 is 10.1 Å². The monoisotopic (exact) mass is 567 g/mol. The normalized spacial score (nSPS) is 10.9. The molecule has 3 rings (SSSR count). The van der Waals surface area contributed by atoms with Crippen LogP contribution in [0.25, 0.3) is 0 Å². The van der Waals surface area contributed by atoms with E-state index in [4.69, 9.17) is 16.3 Å². The molecule has 0 spiro atoms. The summed E-state index contributed by atoms with van der Waals surface area (Å²) >= 11 is 8.99. The number of nitrogens with zero attached hydrogens (tertiary/aromatic N) is 1. The van der Waals surface area contributed by atoms with Crippen LogP contribution in [0.2, 0.25) is 5.02 Å². The van der Waals surface area contributed by atoms with Crippen molar-refractivity contribution in [3.8, 4) is 0 Å². The third-order valence-corrected chi connectivity index (χ3v) is 6.49. The average Bonchev–Trinajstić information content (AvgIpc) is 2.79. The van der Waals surface area contributed by atoms with E-state index in [-0.39, 0.29) is 21.2 Å². The topological polar surface area (TPSA) is 145 Å². The highest BCUT2D eigenvalue weighted by molar-refractivity contribution is 9.10. The van der Waals surface area contributed by atoms with E-state index < -0.39 is 39.1 Å². The number of nitro groups is 1. The highest BCUT2D eigenvalue weighted by Gasteiger charge is 2.21. The maximum Gasteiger partial charge on any atom is 0.338 e. The van der Waals surface area contributed by atoms with E-state index in [1.807, 2.05) is 0 Å². The summed E-state index contributed by atoms with van der Waals surface area (Å²) in [5.41, 5.74) is 0.169. The lowest BCUT2D eigenvalue weighted by atomic mass is 10.2. The summed E-state index contributed by atoms with van der Waals surface area (Å²) in [7, 11) is -4.16. The molecule has 1 amide bonds. The fourth-order valence-corrected chi connectivity index (χ4v) is 4.16. The number of carbonyl (C=O) groups is 2. The predicted octanol–water partition coefficient (Wildman–Crippen LogP) is 4.61. The standard InChI is InChI=1S/C21H15BrClN3O7S/c22-14-3-7-15(8-4-14)24-20(27)12-33-21(28)13-1-5-16(6-2-13)25-34(31,32)17-9-10-18(23)19(11-17)26(29)30/h1-11,25H,12H2,(H,24,27). The molecular weight excluding hydrogens is 554 g/mol. The van der Waals surface area contributed by atoms with Crippen LogP contribution in [0.4, 0.5) is 17.1 Å². The molecule has 10 nitrogen and oxygen atoms in total. The molecule has 2 N–H and O–H groups in total. The quantitative estimate of drug-likeness (QED) is 0.229. The summed E-state index contributed by atoms with van der Waals surface area (Å²) in [5.74, 6) is -1.31. The van der Waals surface area contributed by atoms with Crippen molar-refractivity contribution in [3.63, 3.8) is 0 Å². The number of esters is 1. The summed E-state index contributed by atoms with van der Waals surface area (Å²) < 4.78 is 33.1. The van der Waals surface area contributed by atoms with E-state index >= 15 is 0 Å². The second-order valence-corrected chi connectivity index (χ2v) is 9.69. The first-order valence-corrected chi connectivity index (χ1v) is 12.0. The third kappa shape index (κ3) is 6.53. The summed E-state index contributed by atoms with van der Waals surface area (Å²) in [4.78, 5) is 34.0. The summed E-state index contributed by atoms with van der Waals surface area (Å²) in [6, 6.07) is 15.1. The van der Waals surface area contributed by atoms with Crippen LogP contribution in [0, 0.1) is 10.1 Å². The summed E-state index contributed by atoms with van der Waals surface area (Å²) in [5, 5.41) is 13.4. The lowest BCUT2D eigenvalue weighted by Crippen LogP contribution is -2.21. The van der Waals surface area contributed by atoms with Gasteiger partial charge in [-0.3, -0.25) is 19.6 Å². The number of sulfonamides is 1. The zero-order valence-electron chi connectivity index (χ0n) is 17.0. The van der Waals surface area contributed by atoms with Crippen LogP contribution in [-0.2, 0) is 19.6 Å². The predicted molar refractivity (Wildman–Crippen MR) is 128 cm³/mol. The van der Waals surface area contributed by atoms with E-state index in [0.717, 1.165) is 22.7 Å². The van der Waals surface area contributed by atoms with Crippen LogP contribution in [0.3, 0.4) is 0 Å². The number of hydrogen-bond donors (Lipinski definition) is 2. The van der Waals surface area contributed by atoms with Crippen molar-refractivity contribution in [1.82, 2.24) is 0 Å². The van der Waals surface area contributed by atoms with Gasteiger partial charge in [0.25, 0.3) is 21.6 Å². The number of amides is 1. The lowest BCUT2D eigenvalue weighted by Gasteiger charge is -2.10. The van der Waals surface area contributed by atoms with Gasteiger partial charge in [-0.2, -0.15) is 0 Å². The van der Waals surface area contributed by atoms with Gasteiger partial charge in [0.1, 0.15) is 5.02 Å². The van der Waals surface area contributed by atoms with Gasteiger partial charge in [-0.05, 0) is 60.7 Å². The van der Waals surface area contributed by atoms with Crippen molar-refractivity contribution in [2.24, 2.45) is 0 Å². The fraction of sp³-hybridized carbons (Fsp3) is 0.0476. The number of hydrogen-bond acceptors (Lipinski definition) is 7. The molecule has 0 unspecified atom stereocenters. The molecule has 0 aliphatic heterocycles. The highest BCUT2D eigenvalue weighted by atomic mass is 79.9. The van der Waals surface area contributed by atoms with Crippen molar-refractivity contribution in [1.29, 1.82) is 0 Å². The van der Waals surface area contributed by atoms with Crippen LogP contribution in [0.1, 0.15) is 10.4 Å². The zero-order chi connectivity index (χ0) is 24.9. The summed E-state index contributed by atoms with van der Waals surface area (Å²) in [6.45, 7) is -0.515. The molecule has 0 radical (unpaired) electrons. The van der Waals surface area contributed by atoms with Gasteiger partial charge in [0.15, 0.2) is 6.61 Å². The number of halogens is 2. The highest BCUT2D eigenvalue weighted by Crippen LogP contribution is 2.28. The largest absolute Gasteiger partial charge is 0.452 e. The lowest BCUT2D eigenvalue weighted by molar-refractivity contribution is -0.384. The molecule has 0 bridgehead atoms. The third-order valence-electron chi connectivity index (χ3n) is 4.26. The summed E-state index contributed by atoms with van der Waals surface area (Å²) in [6.07, 6.45) is 0. The Morgan fingerprint density at radius 1 is 1.00 bits per heavy atom. The van der Waals surface area contributed by atoms with Crippen molar-refractivity contribution in [2.45, 2.75) is 4.90 Å². The molecule has 0 aromatic heterocycles. The molecule has 34 heavy (non-hydrogen) atoms. The fourth-order valence-electron chi connectivity index (χ4n) is 2.63. The Morgan fingerprint density at radius 2 is 1.62 bits per heavy atom. The Hall–Kier alpha value is -3.48. The first-order chi connectivity index (χ1) is 16.0. The Balaban J connectivity index is 1.60. The zero-order valence-corrected chi connectivity index (χ0v) is 20.2. The minimum Gasteiger partial charge on any atom is -0.452 e. The van der Waals surface area contributed by atoms with Gasteiger partial charge >= 0.3 is 5.97 Å². The Labute approximate surface area is 207 Å². The van der Waals surface area contributed by atoms with Crippen molar-refractivity contribution in [2.75, 3.05) is 16.6 Å². The van der Waals surface area contributed by atoms with Gasteiger partial charge in [0.2, 0.25) is 0 Å². The SMILES string of the molecule is O=C(COC(=O)c1ccc(NS(=O)(=O)c2ccc(Cl)c([N+](=O)[O-])c2)cc1)Nc1ccc(Br)cc1. The number of nitro benzene ring substituents is 1. The molecule has 0 saturated carbocycles. The smallest absolute Gasteiger partial charge is 0.338 e. The van der Waals surface area contributed by atoms with Gasteiger partial charge in [0, 0.05) is 21.9 Å². The van der Waals surface area contributed by atoms with Gasteiger partial charge in [-0.15, -0.1) is 0 Å². The number of carbonyl (C=O) groups excluding carboxylic acids is 2. The van der Waals surface area contributed by atoms with E-state index in [1.54, 1.807) is 24.3 Å². The number of anilines is 2. The number of nitrogens with one attached hydrogen (secondary N) is 2. The van der Waals surface area contributed by atoms with Gasteiger partial charge in [0.05, 0.1) is 15.4 Å². The average molecular weight is 569 g/mol. The molecule has 0 aliphatic carbocycles. The van der Waals surface area contributed by atoms with E-state index in [0.29, 0.717) is 5.69 Å². The molecule has 3 aromatic rings. The van der Waals surface area contributed by atoms with Gasteiger partial charge in [-0.1, -0.05) is 27.5 Å². The van der Waals surface area contributed by atoms with Crippen LogP contribution in [0.5, 0.6) is 0 Å². The molecule has 0 saturated heterocycles. The van der Waals surface area contributed by atoms with Gasteiger partial charge in [-0.25, -0.2) is 13.2 Å². The molecule has 0 atom stereocenters. The molecule has 176 valence electrons. The first-order valence-electron chi connectivity index (χ1n) is 9.34. The van der Waals surface area contributed by atoms with E-state index in [9.17, 15) is 28.1 Å². The molecule has 13 heteroatoms. The number of rotatable bonds is 8. The van der Waals surface area contributed by atoms with Crippen molar-refractivity contribution >= 4 is 66.5 Å². The Kier molecular flexibility index (Phi) is 7.87. The van der Waals surface area contributed by atoms with E-state index in [1.165, 1.54) is 24.3 Å². The van der Waals surface area contributed by atoms with Crippen LogP contribution >= 0.6 is 27.5 Å². The maximum atomic E-state index is 12.5. The molecule has 0 aliphatic rings. The van der Waals surface area contributed by atoms with Crippen LogP contribution in [-0.4, -0.2) is 31.8 Å². The number of benzene rings is 3.